The average molecular weight is 528 g/mol. The van der Waals surface area contributed by atoms with Gasteiger partial charge in [0.1, 0.15) is 0 Å². The third-order valence-corrected chi connectivity index (χ3v) is 8.97. The van der Waals surface area contributed by atoms with E-state index in [0.29, 0.717) is 0 Å². The second-order valence-corrected chi connectivity index (χ2v) is 11.3. The zero-order valence-corrected chi connectivity index (χ0v) is 22.6. The van der Waals surface area contributed by atoms with Crippen LogP contribution in [0.15, 0.2) is 152 Å². The van der Waals surface area contributed by atoms with Crippen LogP contribution in [0.3, 0.4) is 0 Å². The van der Waals surface area contributed by atoms with Crippen LogP contribution in [0.5, 0.6) is 0 Å². The Labute approximate surface area is 237 Å². The fourth-order valence-electron chi connectivity index (χ4n) is 5.95. The number of para-hydroxylation sites is 2. The topological polar surface area (TPSA) is 4.93 Å². The standard InChI is InChI=1S/C38H25NS/c1-2-13-31(14-3-1)39-34-17-9-6-12-30(34)25-35(39)37-23-22-36(40-37)26-18-20-27(21-19-26)38-32-15-7-4-10-28(32)24-29-11-5-8-16-33(29)38/h1-25H. The molecule has 0 fully saturated rings. The van der Waals surface area contributed by atoms with Gasteiger partial charge in [0.25, 0.3) is 0 Å². The molecule has 0 atom stereocenters. The number of fused-ring (bicyclic) bond motifs is 3. The van der Waals surface area contributed by atoms with Crippen LogP contribution < -0.4 is 0 Å². The van der Waals surface area contributed by atoms with E-state index >= 15 is 0 Å². The molecule has 0 aliphatic rings. The molecule has 40 heavy (non-hydrogen) atoms. The summed E-state index contributed by atoms with van der Waals surface area (Å²) in [6.45, 7) is 0. The lowest BCUT2D eigenvalue weighted by Crippen LogP contribution is -1.95. The van der Waals surface area contributed by atoms with Gasteiger partial charge in [-0.25, -0.2) is 0 Å². The first kappa shape index (κ1) is 23.0. The Morgan fingerprint density at radius 1 is 0.425 bits per heavy atom. The molecule has 0 aliphatic heterocycles. The van der Waals surface area contributed by atoms with Crippen LogP contribution >= 0.6 is 11.3 Å². The third-order valence-electron chi connectivity index (χ3n) is 7.81. The molecule has 0 saturated heterocycles. The van der Waals surface area contributed by atoms with Gasteiger partial charge in [-0.2, -0.15) is 0 Å². The number of hydrogen-bond donors (Lipinski definition) is 0. The molecular weight excluding hydrogens is 502 g/mol. The van der Waals surface area contributed by atoms with Crippen molar-refractivity contribution in [1.29, 1.82) is 0 Å². The van der Waals surface area contributed by atoms with Crippen molar-refractivity contribution in [2.45, 2.75) is 0 Å². The average Bonchev–Trinajstić information content (AvgIpc) is 3.66. The smallest absolute Gasteiger partial charge is 0.0641 e. The predicted octanol–water partition coefficient (Wildman–Crippen LogP) is 11.0. The molecule has 8 aromatic rings. The van der Waals surface area contributed by atoms with Crippen LogP contribution in [-0.4, -0.2) is 4.57 Å². The van der Waals surface area contributed by atoms with Crippen molar-refractivity contribution in [2.24, 2.45) is 0 Å². The normalized spacial score (nSPS) is 11.5. The highest BCUT2D eigenvalue weighted by atomic mass is 32.1. The van der Waals surface area contributed by atoms with Gasteiger partial charge in [0.15, 0.2) is 0 Å². The number of thiophene rings is 1. The lowest BCUT2D eigenvalue weighted by Gasteiger charge is -2.12. The third kappa shape index (κ3) is 3.77. The van der Waals surface area contributed by atoms with Crippen molar-refractivity contribution in [3.63, 3.8) is 0 Å². The van der Waals surface area contributed by atoms with E-state index in [1.165, 1.54) is 70.3 Å². The van der Waals surface area contributed by atoms with Gasteiger partial charge >= 0.3 is 0 Å². The lowest BCUT2D eigenvalue weighted by atomic mass is 9.91. The second kappa shape index (κ2) is 9.37. The first-order chi connectivity index (χ1) is 19.8. The van der Waals surface area contributed by atoms with Crippen molar-refractivity contribution in [3.05, 3.63) is 152 Å². The van der Waals surface area contributed by atoms with Crippen LogP contribution in [0.4, 0.5) is 0 Å². The molecular formula is C38H25NS. The minimum Gasteiger partial charge on any atom is -0.308 e. The summed E-state index contributed by atoms with van der Waals surface area (Å²) in [5.41, 5.74) is 7.43. The Bertz CT molecular complexity index is 2090. The zero-order valence-electron chi connectivity index (χ0n) is 21.8. The monoisotopic (exact) mass is 527 g/mol. The Balaban J connectivity index is 1.22. The summed E-state index contributed by atoms with van der Waals surface area (Å²) in [6, 6.07) is 54.9. The van der Waals surface area contributed by atoms with Gasteiger partial charge in [-0.05, 0) is 80.7 Å². The van der Waals surface area contributed by atoms with Gasteiger partial charge in [0.05, 0.1) is 16.1 Å². The largest absolute Gasteiger partial charge is 0.308 e. The molecule has 0 spiro atoms. The van der Waals surface area contributed by atoms with Crippen LogP contribution in [-0.2, 0) is 0 Å². The summed E-state index contributed by atoms with van der Waals surface area (Å²) in [7, 11) is 0. The van der Waals surface area contributed by atoms with Gasteiger partial charge < -0.3 is 4.57 Å². The van der Waals surface area contributed by atoms with E-state index in [1.54, 1.807) is 0 Å². The zero-order chi connectivity index (χ0) is 26.5. The van der Waals surface area contributed by atoms with Crippen LogP contribution in [0.25, 0.3) is 70.3 Å². The number of rotatable bonds is 4. The van der Waals surface area contributed by atoms with Gasteiger partial charge in [0, 0.05) is 16.0 Å². The fraction of sp³-hybridized carbons (Fsp3) is 0. The maximum atomic E-state index is 2.37. The Kier molecular flexibility index (Phi) is 5.39. The molecule has 2 heterocycles. The second-order valence-electron chi connectivity index (χ2n) is 10.2. The highest BCUT2D eigenvalue weighted by molar-refractivity contribution is 7.18. The SMILES string of the molecule is c1ccc(-n2c(-c3ccc(-c4ccc(-c5c6ccccc6cc6ccccc56)cc4)s3)cc3ccccc32)cc1. The van der Waals surface area contributed by atoms with Crippen molar-refractivity contribution >= 4 is 43.8 Å². The van der Waals surface area contributed by atoms with E-state index < -0.39 is 0 Å². The molecule has 2 aromatic heterocycles. The number of nitrogens with zero attached hydrogens (tertiary/aromatic N) is 1. The van der Waals surface area contributed by atoms with Gasteiger partial charge in [-0.1, -0.05) is 109 Å². The minimum atomic E-state index is 1.18. The maximum absolute atomic E-state index is 2.37. The molecule has 0 saturated carbocycles. The van der Waals surface area contributed by atoms with Crippen molar-refractivity contribution < 1.29 is 0 Å². The van der Waals surface area contributed by atoms with Crippen molar-refractivity contribution in [2.75, 3.05) is 0 Å². The lowest BCUT2D eigenvalue weighted by molar-refractivity contribution is 1.14. The van der Waals surface area contributed by atoms with E-state index in [2.05, 4.69) is 156 Å². The van der Waals surface area contributed by atoms with Gasteiger partial charge in [-0.15, -0.1) is 11.3 Å². The quantitative estimate of drug-likeness (QED) is 0.201. The van der Waals surface area contributed by atoms with Crippen molar-refractivity contribution in [1.82, 2.24) is 4.57 Å². The van der Waals surface area contributed by atoms with Gasteiger partial charge in [0.2, 0.25) is 0 Å². The summed E-state index contributed by atoms with van der Waals surface area (Å²) < 4.78 is 2.37. The predicted molar refractivity (Wildman–Crippen MR) is 172 cm³/mol. The molecule has 0 bridgehead atoms. The molecule has 0 unspecified atom stereocenters. The Morgan fingerprint density at radius 3 is 1.73 bits per heavy atom. The molecule has 1 nitrogen and oxygen atoms in total. The molecule has 188 valence electrons. The summed E-state index contributed by atoms with van der Waals surface area (Å²) in [6.07, 6.45) is 0. The van der Waals surface area contributed by atoms with E-state index in [1.807, 2.05) is 11.3 Å². The summed E-state index contributed by atoms with van der Waals surface area (Å²) in [5.74, 6) is 0. The van der Waals surface area contributed by atoms with Crippen molar-refractivity contribution in [3.8, 4) is 37.8 Å². The molecule has 0 N–H and O–H groups in total. The Morgan fingerprint density at radius 2 is 1.00 bits per heavy atom. The summed E-state index contributed by atoms with van der Waals surface area (Å²) >= 11 is 1.85. The summed E-state index contributed by atoms with van der Waals surface area (Å²) in [4.78, 5) is 2.54. The number of benzene rings is 6. The Hall–Kier alpha value is -4.92. The maximum Gasteiger partial charge on any atom is 0.0641 e. The van der Waals surface area contributed by atoms with Crippen LogP contribution in [0, 0.1) is 0 Å². The number of aromatic nitrogens is 1. The molecule has 0 aliphatic carbocycles. The van der Waals surface area contributed by atoms with Crippen LogP contribution in [0.2, 0.25) is 0 Å². The molecule has 0 radical (unpaired) electrons. The molecule has 8 rings (SSSR count). The molecule has 0 amide bonds. The minimum absolute atomic E-state index is 1.18. The van der Waals surface area contributed by atoms with E-state index in [4.69, 9.17) is 0 Å². The first-order valence-electron chi connectivity index (χ1n) is 13.6. The van der Waals surface area contributed by atoms with Gasteiger partial charge in [-0.3, -0.25) is 0 Å². The summed E-state index contributed by atoms with van der Waals surface area (Å²) in [5, 5.41) is 6.39. The first-order valence-corrected chi connectivity index (χ1v) is 14.4. The van der Waals surface area contributed by atoms with E-state index in [-0.39, 0.29) is 0 Å². The molecule has 6 aromatic carbocycles. The highest BCUT2D eigenvalue weighted by Gasteiger charge is 2.15. The molecule has 2 heteroatoms. The van der Waals surface area contributed by atoms with Crippen LogP contribution in [0.1, 0.15) is 0 Å². The highest BCUT2D eigenvalue weighted by Crippen LogP contribution is 2.40. The van der Waals surface area contributed by atoms with E-state index in [0.717, 1.165) is 0 Å². The van der Waals surface area contributed by atoms with E-state index in [9.17, 15) is 0 Å². The number of hydrogen-bond acceptors (Lipinski definition) is 1. The fourth-order valence-corrected chi connectivity index (χ4v) is 6.97.